The van der Waals surface area contributed by atoms with Crippen LogP contribution in [0.5, 0.6) is 0 Å². The highest BCUT2D eigenvalue weighted by molar-refractivity contribution is 5.46. The Labute approximate surface area is 110 Å². The van der Waals surface area contributed by atoms with Gasteiger partial charge in [0.05, 0.1) is 12.2 Å². The minimum absolute atomic E-state index is 0.614. The minimum atomic E-state index is 0.614. The summed E-state index contributed by atoms with van der Waals surface area (Å²) >= 11 is 0. The average Bonchev–Trinajstić information content (AvgIpc) is 2.86. The summed E-state index contributed by atoms with van der Waals surface area (Å²) in [5, 5.41) is 4.20. The first kappa shape index (κ1) is 11.6. The Morgan fingerprint density at radius 2 is 2.16 bits per heavy atom. The van der Waals surface area contributed by atoms with Crippen LogP contribution in [0.2, 0.25) is 0 Å². The van der Waals surface area contributed by atoms with Gasteiger partial charge < -0.3 is 4.90 Å². The molecule has 0 aliphatic carbocycles. The van der Waals surface area contributed by atoms with Gasteiger partial charge in [-0.15, -0.1) is 0 Å². The largest absolute Gasteiger partial charge is 0.354 e. The lowest BCUT2D eigenvalue weighted by Gasteiger charge is -2.19. The molecule has 0 atom stereocenters. The van der Waals surface area contributed by atoms with Crippen molar-refractivity contribution >= 4 is 11.6 Å². The van der Waals surface area contributed by atoms with Gasteiger partial charge in [0.2, 0.25) is 0 Å². The van der Waals surface area contributed by atoms with Gasteiger partial charge >= 0.3 is 0 Å². The van der Waals surface area contributed by atoms with E-state index in [1.807, 2.05) is 38.2 Å². The molecule has 0 spiro atoms. The van der Waals surface area contributed by atoms with Crippen LogP contribution < -0.4 is 4.90 Å². The van der Waals surface area contributed by atoms with Crippen molar-refractivity contribution in [1.82, 2.24) is 24.6 Å². The molecule has 3 aromatic heterocycles. The first-order valence-electron chi connectivity index (χ1n) is 6.02. The predicted octanol–water partition coefficient (Wildman–Crippen LogP) is 1.46. The predicted molar refractivity (Wildman–Crippen MR) is 71.9 cm³/mol. The zero-order chi connectivity index (χ0) is 13.2. The molecule has 3 rings (SSSR count). The van der Waals surface area contributed by atoms with E-state index in [2.05, 4.69) is 25.0 Å². The molecule has 19 heavy (non-hydrogen) atoms. The molecule has 6 nitrogen and oxygen atoms in total. The minimum Gasteiger partial charge on any atom is -0.354 e. The summed E-state index contributed by atoms with van der Waals surface area (Å²) in [6, 6.07) is 7.89. The molecule has 6 heteroatoms. The van der Waals surface area contributed by atoms with Crippen molar-refractivity contribution < 1.29 is 0 Å². The quantitative estimate of drug-likeness (QED) is 0.708. The van der Waals surface area contributed by atoms with Crippen molar-refractivity contribution in [1.29, 1.82) is 0 Å². The van der Waals surface area contributed by atoms with Crippen LogP contribution in [0.1, 0.15) is 11.4 Å². The SMILES string of the molecule is Cc1cc(N(C)Cc2ccccn2)n2ncnc2n1. The molecule has 0 bridgehead atoms. The lowest BCUT2D eigenvalue weighted by atomic mass is 10.3. The fourth-order valence-electron chi connectivity index (χ4n) is 2.00. The van der Waals surface area contributed by atoms with Gasteiger partial charge in [-0.25, -0.2) is 4.98 Å². The van der Waals surface area contributed by atoms with Crippen molar-refractivity contribution in [3.05, 3.63) is 48.2 Å². The van der Waals surface area contributed by atoms with Crippen LogP contribution in [0.3, 0.4) is 0 Å². The van der Waals surface area contributed by atoms with Crippen LogP contribution in [-0.4, -0.2) is 31.6 Å². The number of aryl methyl sites for hydroxylation is 1. The van der Waals surface area contributed by atoms with Gasteiger partial charge in [-0.3, -0.25) is 4.98 Å². The fraction of sp³-hybridized carbons (Fsp3) is 0.231. The van der Waals surface area contributed by atoms with Crippen molar-refractivity contribution in [2.24, 2.45) is 0 Å². The van der Waals surface area contributed by atoms with Gasteiger partial charge in [0.1, 0.15) is 12.1 Å². The second kappa shape index (κ2) is 4.64. The lowest BCUT2D eigenvalue weighted by Crippen LogP contribution is -2.20. The molecular weight excluding hydrogens is 240 g/mol. The summed E-state index contributed by atoms with van der Waals surface area (Å²) in [6.45, 7) is 2.66. The zero-order valence-electron chi connectivity index (χ0n) is 10.9. The molecule has 96 valence electrons. The highest BCUT2D eigenvalue weighted by Gasteiger charge is 2.10. The molecule has 0 N–H and O–H groups in total. The van der Waals surface area contributed by atoms with Crippen LogP contribution in [0.15, 0.2) is 36.8 Å². The van der Waals surface area contributed by atoms with E-state index in [1.54, 1.807) is 10.7 Å². The summed E-state index contributed by atoms with van der Waals surface area (Å²) in [5.74, 6) is 1.56. The summed E-state index contributed by atoms with van der Waals surface area (Å²) in [5.41, 5.74) is 1.93. The highest BCUT2D eigenvalue weighted by atomic mass is 15.4. The van der Waals surface area contributed by atoms with Crippen LogP contribution in [0.25, 0.3) is 5.78 Å². The van der Waals surface area contributed by atoms with E-state index in [4.69, 9.17) is 0 Å². The second-order valence-electron chi connectivity index (χ2n) is 4.40. The second-order valence-corrected chi connectivity index (χ2v) is 4.40. The van der Waals surface area contributed by atoms with Crippen LogP contribution >= 0.6 is 0 Å². The highest BCUT2D eigenvalue weighted by Crippen LogP contribution is 2.16. The first-order valence-corrected chi connectivity index (χ1v) is 6.02. The van der Waals surface area contributed by atoms with Crippen molar-refractivity contribution in [3.8, 4) is 0 Å². The Kier molecular flexibility index (Phi) is 2.83. The van der Waals surface area contributed by atoms with Crippen molar-refractivity contribution in [2.45, 2.75) is 13.5 Å². The molecule has 0 aliphatic rings. The molecular formula is C13H14N6. The van der Waals surface area contributed by atoms with Crippen LogP contribution in [-0.2, 0) is 6.54 Å². The number of pyridine rings is 1. The Bertz CT molecular complexity index is 691. The Morgan fingerprint density at radius 1 is 1.26 bits per heavy atom. The summed E-state index contributed by atoms with van der Waals surface area (Å²) in [7, 11) is 2.00. The van der Waals surface area contributed by atoms with E-state index in [0.717, 1.165) is 17.2 Å². The monoisotopic (exact) mass is 254 g/mol. The third-order valence-electron chi connectivity index (χ3n) is 2.88. The van der Waals surface area contributed by atoms with Gasteiger partial charge in [-0.05, 0) is 19.1 Å². The Balaban J connectivity index is 1.97. The Hall–Kier alpha value is -2.50. The number of anilines is 1. The van der Waals surface area contributed by atoms with Crippen molar-refractivity contribution in [3.63, 3.8) is 0 Å². The molecule has 3 heterocycles. The third-order valence-corrected chi connectivity index (χ3v) is 2.88. The number of rotatable bonds is 3. The van der Waals surface area contributed by atoms with E-state index >= 15 is 0 Å². The molecule has 0 fully saturated rings. The Morgan fingerprint density at radius 3 is 2.95 bits per heavy atom. The normalized spacial score (nSPS) is 10.8. The van der Waals surface area contributed by atoms with E-state index in [1.165, 1.54) is 6.33 Å². The number of hydrogen-bond donors (Lipinski definition) is 0. The summed E-state index contributed by atoms with van der Waals surface area (Å²) < 4.78 is 1.73. The maximum atomic E-state index is 4.33. The van der Waals surface area contributed by atoms with Gasteiger partial charge in [0.15, 0.2) is 0 Å². The summed E-state index contributed by atoms with van der Waals surface area (Å²) in [6.07, 6.45) is 3.31. The molecule has 0 saturated heterocycles. The van der Waals surface area contributed by atoms with Gasteiger partial charge in [-0.1, -0.05) is 6.07 Å². The smallest absolute Gasteiger partial charge is 0.254 e. The molecule has 0 aromatic carbocycles. The summed E-state index contributed by atoms with van der Waals surface area (Å²) in [4.78, 5) is 14.9. The van der Waals surface area contributed by atoms with Crippen LogP contribution in [0.4, 0.5) is 5.82 Å². The number of nitrogens with zero attached hydrogens (tertiary/aromatic N) is 6. The van der Waals surface area contributed by atoms with E-state index in [0.29, 0.717) is 12.3 Å². The third kappa shape index (κ3) is 2.24. The molecule has 0 saturated carbocycles. The van der Waals surface area contributed by atoms with E-state index in [9.17, 15) is 0 Å². The fourth-order valence-corrected chi connectivity index (χ4v) is 2.00. The number of aromatic nitrogens is 5. The van der Waals surface area contributed by atoms with Crippen molar-refractivity contribution in [2.75, 3.05) is 11.9 Å². The molecule has 0 radical (unpaired) electrons. The first-order chi connectivity index (χ1) is 9.24. The van der Waals surface area contributed by atoms with Gasteiger partial charge in [0, 0.05) is 25.0 Å². The van der Waals surface area contributed by atoms with Gasteiger partial charge in [0.25, 0.3) is 5.78 Å². The van der Waals surface area contributed by atoms with E-state index < -0.39 is 0 Å². The van der Waals surface area contributed by atoms with Crippen LogP contribution in [0, 0.1) is 6.92 Å². The standard InChI is InChI=1S/C13H14N6/c1-10-7-12(19-13(17-10)15-9-16-19)18(2)8-11-5-3-4-6-14-11/h3-7,9H,8H2,1-2H3. The number of fused-ring (bicyclic) bond motifs is 1. The molecule has 0 amide bonds. The molecule has 0 aliphatic heterocycles. The maximum absolute atomic E-state index is 4.33. The molecule has 3 aromatic rings. The average molecular weight is 254 g/mol. The lowest BCUT2D eigenvalue weighted by molar-refractivity contribution is 0.812. The zero-order valence-corrected chi connectivity index (χ0v) is 10.9. The number of hydrogen-bond acceptors (Lipinski definition) is 5. The molecule has 0 unspecified atom stereocenters. The maximum Gasteiger partial charge on any atom is 0.254 e. The van der Waals surface area contributed by atoms with Gasteiger partial charge in [-0.2, -0.15) is 14.6 Å². The topological polar surface area (TPSA) is 59.2 Å². The van der Waals surface area contributed by atoms with E-state index in [-0.39, 0.29) is 0 Å².